The van der Waals surface area contributed by atoms with E-state index in [0.29, 0.717) is 11.3 Å². The molecule has 1 saturated heterocycles. The van der Waals surface area contributed by atoms with E-state index in [1.807, 2.05) is 25.1 Å². The van der Waals surface area contributed by atoms with Crippen LogP contribution in [0, 0.1) is 12.7 Å². The molecule has 1 aliphatic rings. The molecule has 0 saturated carbocycles. The number of hydrogen-bond acceptors (Lipinski definition) is 3. The van der Waals surface area contributed by atoms with Gasteiger partial charge in [0.2, 0.25) is 5.91 Å². The average molecular weight is 381 g/mol. The number of halogens is 1. The van der Waals surface area contributed by atoms with Crippen molar-refractivity contribution < 1.29 is 9.18 Å². The Labute approximate surface area is 166 Å². The van der Waals surface area contributed by atoms with Gasteiger partial charge in [-0.15, -0.1) is 0 Å². The molecule has 1 amide bonds. The zero-order chi connectivity index (χ0) is 19.9. The highest BCUT2D eigenvalue weighted by molar-refractivity contribution is 5.94. The van der Waals surface area contributed by atoms with Crippen LogP contribution in [0.2, 0.25) is 0 Å². The van der Waals surface area contributed by atoms with Gasteiger partial charge in [0.15, 0.2) is 0 Å². The third-order valence-corrected chi connectivity index (χ3v) is 5.25. The van der Waals surface area contributed by atoms with Gasteiger partial charge in [-0.05, 0) is 37.1 Å². The molecule has 2 aromatic carbocycles. The van der Waals surface area contributed by atoms with Crippen molar-refractivity contribution in [2.45, 2.75) is 19.9 Å². The minimum atomic E-state index is -0.303. The summed E-state index contributed by atoms with van der Waals surface area (Å²) in [6, 6.07) is 14.8. The monoisotopic (exact) mass is 381 g/mol. The molecule has 28 heavy (non-hydrogen) atoms. The predicted molar refractivity (Wildman–Crippen MR) is 113 cm³/mol. The normalized spacial score (nSPS) is 17.0. The van der Waals surface area contributed by atoms with Gasteiger partial charge in [0.1, 0.15) is 5.82 Å². The van der Waals surface area contributed by atoms with Crippen LogP contribution in [0.5, 0.6) is 0 Å². The van der Waals surface area contributed by atoms with Crippen LogP contribution in [0.4, 0.5) is 10.1 Å². The van der Waals surface area contributed by atoms with Gasteiger partial charge in [0.05, 0.1) is 6.04 Å². The topological polar surface area (TPSA) is 35.6 Å². The van der Waals surface area contributed by atoms with Crippen molar-refractivity contribution in [3.05, 3.63) is 71.6 Å². The van der Waals surface area contributed by atoms with Crippen LogP contribution in [0.25, 0.3) is 6.08 Å². The largest absolute Gasteiger partial charge is 0.325 e. The standard InChI is InChI=1S/C23H28FN3O/c1-18-10-11-21(17-22(18)24)25-23(28)19(2)27-15-13-26(14-16-27)12-6-9-20-7-4-3-5-8-20/h3-11,17,19H,12-16H2,1-2H3,(H,25,28)/b9-6+/t19-/m1/s1. The number of anilines is 1. The number of benzene rings is 2. The number of aryl methyl sites for hydroxylation is 1. The van der Waals surface area contributed by atoms with Gasteiger partial charge in [-0.1, -0.05) is 48.6 Å². The lowest BCUT2D eigenvalue weighted by Gasteiger charge is -2.37. The number of nitrogens with zero attached hydrogens (tertiary/aromatic N) is 2. The number of piperazine rings is 1. The van der Waals surface area contributed by atoms with Gasteiger partial charge in [0.25, 0.3) is 0 Å². The van der Waals surface area contributed by atoms with Gasteiger partial charge in [0, 0.05) is 38.4 Å². The van der Waals surface area contributed by atoms with Crippen molar-refractivity contribution in [1.29, 1.82) is 0 Å². The smallest absolute Gasteiger partial charge is 0.241 e. The van der Waals surface area contributed by atoms with Gasteiger partial charge < -0.3 is 5.32 Å². The summed E-state index contributed by atoms with van der Waals surface area (Å²) in [6.45, 7) is 8.06. The number of carbonyl (C=O) groups excluding carboxylic acids is 1. The van der Waals surface area contributed by atoms with Crippen molar-refractivity contribution in [2.24, 2.45) is 0 Å². The van der Waals surface area contributed by atoms with Crippen LogP contribution in [-0.4, -0.2) is 54.5 Å². The van der Waals surface area contributed by atoms with E-state index in [1.165, 1.54) is 11.6 Å². The highest BCUT2D eigenvalue weighted by Crippen LogP contribution is 2.15. The lowest BCUT2D eigenvalue weighted by Crippen LogP contribution is -2.52. The summed E-state index contributed by atoms with van der Waals surface area (Å²) in [7, 11) is 0. The summed E-state index contributed by atoms with van der Waals surface area (Å²) in [6.07, 6.45) is 4.33. The molecule has 1 N–H and O–H groups in total. The maximum absolute atomic E-state index is 13.7. The summed E-state index contributed by atoms with van der Waals surface area (Å²) < 4.78 is 13.7. The van der Waals surface area contributed by atoms with Crippen LogP contribution in [0.15, 0.2) is 54.6 Å². The first-order valence-corrected chi connectivity index (χ1v) is 9.78. The van der Waals surface area contributed by atoms with Crippen molar-refractivity contribution in [3.8, 4) is 0 Å². The SMILES string of the molecule is Cc1ccc(NC(=O)[C@@H](C)N2CCN(C/C=C/c3ccccc3)CC2)cc1F. The fraction of sp³-hybridized carbons (Fsp3) is 0.348. The summed E-state index contributed by atoms with van der Waals surface area (Å²) in [5.74, 6) is -0.400. The van der Waals surface area contributed by atoms with Crippen molar-refractivity contribution >= 4 is 17.7 Å². The molecule has 1 fully saturated rings. The Hall–Kier alpha value is -2.50. The summed E-state index contributed by atoms with van der Waals surface area (Å²) >= 11 is 0. The molecule has 0 aromatic heterocycles. The van der Waals surface area contributed by atoms with E-state index in [9.17, 15) is 9.18 Å². The number of amides is 1. The zero-order valence-corrected chi connectivity index (χ0v) is 16.6. The van der Waals surface area contributed by atoms with Crippen molar-refractivity contribution in [2.75, 3.05) is 38.0 Å². The molecule has 2 aromatic rings. The molecule has 5 heteroatoms. The molecule has 1 aliphatic heterocycles. The lowest BCUT2D eigenvalue weighted by molar-refractivity contribution is -0.121. The maximum atomic E-state index is 13.7. The minimum Gasteiger partial charge on any atom is -0.325 e. The molecule has 0 unspecified atom stereocenters. The van der Waals surface area contributed by atoms with E-state index in [2.05, 4.69) is 39.4 Å². The molecule has 148 valence electrons. The highest BCUT2D eigenvalue weighted by atomic mass is 19.1. The first-order chi connectivity index (χ1) is 13.5. The van der Waals surface area contributed by atoms with E-state index in [4.69, 9.17) is 0 Å². The zero-order valence-electron chi connectivity index (χ0n) is 16.6. The third kappa shape index (κ3) is 5.50. The Morgan fingerprint density at radius 1 is 1.14 bits per heavy atom. The fourth-order valence-corrected chi connectivity index (χ4v) is 3.32. The highest BCUT2D eigenvalue weighted by Gasteiger charge is 2.25. The number of hydrogen-bond donors (Lipinski definition) is 1. The Kier molecular flexibility index (Phi) is 6.95. The Morgan fingerprint density at radius 2 is 1.86 bits per heavy atom. The van der Waals surface area contributed by atoms with E-state index in [1.54, 1.807) is 19.1 Å². The third-order valence-electron chi connectivity index (χ3n) is 5.25. The molecule has 1 atom stereocenters. The van der Waals surface area contributed by atoms with E-state index < -0.39 is 0 Å². The van der Waals surface area contributed by atoms with E-state index in [-0.39, 0.29) is 17.8 Å². The molecule has 0 aliphatic carbocycles. The summed E-state index contributed by atoms with van der Waals surface area (Å²) in [5, 5.41) is 2.83. The quantitative estimate of drug-likeness (QED) is 0.827. The molecule has 0 radical (unpaired) electrons. The predicted octanol–water partition coefficient (Wildman–Crippen LogP) is 3.79. The van der Waals surface area contributed by atoms with Gasteiger partial charge in [-0.2, -0.15) is 0 Å². The first-order valence-electron chi connectivity index (χ1n) is 9.78. The van der Waals surface area contributed by atoms with Gasteiger partial charge >= 0.3 is 0 Å². The van der Waals surface area contributed by atoms with Crippen LogP contribution < -0.4 is 5.32 Å². The Morgan fingerprint density at radius 3 is 2.54 bits per heavy atom. The second-order valence-electron chi connectivity index (χ2n) is 7.28. The van der Waals surface area contributed by atoms with E-state index in [0.717, 1.165) is 32.7 Å². The Balaban J connectivity index is 1.45. The number of rotatable bonds is 6. The molecule has 0 spiro atoms. The van der Waals surface area contributed by atoms with Gasteiger partial charge in [-0.3, -0.25) is 14.6 Å². The van der Waals surface area contributed by atoms with Crippen LogP contribution >= 0.6 is 0 Å². The van der Waals surface area contributed by atoms with Crippen molar-refractivity contribution in [3.63, 3.8) is 0 Å². The number of carbonyl (C=O) groups is 1. The van der Waals surface area contributed by atoms with Crippen LogP contribution in [0.1, 0.15) is 18.1 Å². The van der Waals surface area contributed by atoms with Gasteiger partial charge in [-0.25, -0.2) is 4.39 Å². The molecular formula is C23H28FN3O. The lowest BCUT2D eigenvalue weighted by atomic mass is 10.2. The molecule has 1 heterocycles. The van der Waals surface area contributed by atoms with Crippen LogP contribution in [0.3, 0.4) is 0 Å². The Bertz CT molecular complexity index is 814. The minimum absolute atomic E-state index is 0.0966. The number of nitrogens with one attached hydrogen (secondary N) is 1. The van der Waals surface area contributed by atoms with E-state index >= 15 is 0 Å². The fourth-order valence-electron chi connectivity index (χ4n) is 3.32. The average Bonchev–Trinajstić information content (AvgIpc) is 2.71. The van der Waals surface area contributed by atoms with Crippen LogP contribution in [-0.2, 0) is 4.79 Å². The summed E-state index contributed by atoms with van der Waals surface area (Å²) in [5.41, 5.74) is 2.28. The molecular weight excluding hydrogens is 353 g/mol. The second-order valence-corrected chi connectivity index (χ2v) is 7.28. The first kappa shape index (κ1) is 20.2. The molecule has 0 bridgehead atoms. The maximum Gasteiger partial charge on any atom is 0.241 e. The second kappa shape index (κ2) is 9.62. The summed E-state index contributed by atoms with van der Waals surface area (Å²) in [4.78, 5) is 17.1. The van der Waals surface area contributed by atoms with Crippen molar-refractivity contribution in [1.82, 2.24) is 9.80 Å². The molecule has 3 rings (SSSR count). The molecule has 4 nitrogen and oxygen atoms in total.